The molecular formula is C14H17NO4. The van der Waals surface area contributed by atoms with E-state index in [0.29, 0.717) is 12.3 Å². The maximum absolute atomic E-state index is 11.3. The van der Waals surface area contributed by atoms with Crippen molar-refractivity contribution in [2.75, 3.05) is 25.6 Å². The number of anilines is 1. The number of esters is 1. The van der Waals surface area contributed by atoms with Gasteiger partial charge in [-0.3, -0.25) is 4.79 Å². The highest BCUT2D eigenvalue weighted by Gasteiger charge is 2.00. The Hall–Kier alpha value is -2.14. The summed E-state index contributed by atoms with van der Waals surface area (Å²) >= 11 is 0. The Morgan fingerprint density at radius 3 is 2.53 bits per heavy atom. The third-order valence-corrected chi connectivity index (χ3v) is 2.17. The van der Waals surface area contributed by atoms with Crippen molar-refractivity contribution < 1.29 is 19.1 Å². The van der Waals surface area contributed by atoms with E-state index in [9.17, 15) is 9.59 Å². The van der Waals surface area contributed by atoms with Crippen LogP contribution in [-0.4, -0.2) is 32.2 Å². The van der Waals surface area contributed by atoms with E-state index in [4.69, 9.17) is 9.47 Å². The molecule has 0 heterocycles. The van der Waals surface area contributed by atoms with E-state index in [-0.39, 0.29) is 18.5 Å². The molecule has 19 heavy (non-hydrogen) atoms. The van der Waals surface area contributed by atoms with Crippen LogP contribution in [0.1, 0.15) is 12.5 Å². The van der Waals surface area contributed by atoms with Crippen LogP contribution in [0.15, 0.2) is 30.3 Å². The van der Waals surface area contributed by atoms with Crippen LogP contribution >= 0.6 is 0 Å². The molecule has 0 spiro atoms. The topological polar surface area (TPSA) is 64.6 Å². The summed E-state index contributed by atoms with van der Waals surface area (Å²) in [5, 5.41) is 2.68. The summed E-state index contributed by atoms with van der Waals surface area (Å²) in [5.74, 6) is -0.586. The number of rotatable bonds is 6. The fourth-order valence-electron chi connectivity index (χ4n) is 1.36. The van der Waals surface area contributed by atoms with Gasteiger partial charge in [0.25, 0.3) is 0 Å². The highest BCUT2D eigenvalue weighted by molar-refractivity contribution is 5.92. The highest BCUT2D eigenvalue weighted by Crippen LogP contribution is 2.10. The molecule has 5 heteroatoms. The molecule has 0 aliphatic heterocycles. The molecular weight excluding hydrogens is 246 g/mol. The van der Waals surface area contributed by atoms with E-state index in [0.717, 1.165) is 5.56 Å². The molecule has 0 bridgehead atoms. The van der Waals surface area contributed by atoms with Crippen molar-refractivity contribution in [3.8, 4) is 0 Å². The average molecular weight is 263 g/mol. The zero-order chi connectivity index (χ0) is 14.1. The number of methoxy groups -OCH3 is 1. The summed E-state index contributed by atoms with van der Waals surface area (Å²) in [4.78, 5) is 22.4. The average Bonchev–Trinajstić information content (AvgIpc) is 2.38. The van der Waals surface area contributed by atoms with Crippen molar-refractivity contribution in [2.45, 2.75) is 6.92 Å². The molecule has 0 aliphatic rings. The SMILES string of the molecule is CCOC(=O)C=Cc1ccc(NC(=O)COC)cc1. The summed E-state index contributed by atoms with van der Waals surface area (Å²) < 4.78 is 9.48. The van der Waals surface area contributed by atoms with Crippen LogP contribution in [0.25, 0.3) is 6.08 Å². The number of nitrogens with one attached hydrogen (secondary N) is 1. The summed E-state index contributed by atoms with van der Waals surface area (Å²) in [6, 6.07) is 7.08. The van der Waals surface area contributed by atoms with Crippen molar-refractivity contribution in [1.82, 2.24) is 0 Å². The number of hydrogen-bond donors (Lipinski definition) is 1. The number of carbonyl (C=O) groups is 2. The third-order valence-electron chi connectivity index (χ3n) is 2.17. The Morgan fingerprint density at radius 1 is 1.26 bits per heavy atom. The monoisotopic (exact) mass is 263 g/mol. The largest absolute Gasteiger partial charge is 0.463 e. The van der Waals surface area contributed by atoms with Gasteiger partial charge in [-0.05, 0) is 30.7 Å². The number of hydrogen-bond acceptors (Lipinski definition) is 4. The minimum Gasteiger partial charge on any atom is -0.463 e. The van der Waals surface area contributed by atoms with Gasteiger partial charge in [0.2, 0.25) is 5.91 Å². The molecule has 0 unspecified atom stereocenters. The van der Waals surface area contributed by atoms with Crippen molar-refractivity contribution >= 4 is 23.6 Å². The second-order valence-corrected chi connectivity index (χ2v) is 3.69. The Bertz CT molecular complexity index is 451. The minimum atomic E-state index is -0.375. The fourth-order valence-corrected chi connectivity index (χ4v) is 1.36. The molecule has 0 radical (unpaired) electrons. The molecule has 0 fully saturated rings. The molecule has 0 aliphatic carbocycles. The summed E-state index contributed by atoms with van der Waals surface area (Å²) in [5.41, 5.74) is 1.52. The highest BCUT2D eigenvalue weighted by atomic mass is 16.5. The summed E-state index contributed by atoms with van der Waals surface area (Å²) in [6.07, 6.45) is 3.01. The van der Waals surface area contributed by atoms with Crippen molar-refractivity contribution in [1.29, 1.82) is 0 Å². The van der Waals surface area contributed by atoms with Crippen LogP contribution in [0.2, 0.25) is 0 Å². The van der Waals surface area contributed by atoms with Gasteiger partial charge in [-0.2, -0.15) is 0 Å². The smallest absolute Gasteiger partial charge is 0.330 e. The van der Waals surface area contributed by atoms with Gasteiger partial charge in [-0.25, -0.2) is 4.79 Å². The van der Waals surface area contributed by atoms with Crippen LogP contribution in [0.4, 0.5) is 5.69 Å². The van der Waals surface area contributed by atoms with E-state index < -0.39 is 0 Å². The van der Waals surface area contributed by atoms with Crippen LogP contribution < -0.4 is 5.32 Å². The van der Waals surface area contributed by atoms with E-state index >= 15 is 0 Å². The lowest BCUT2D eigenvalue weighted by molar-refractivity contribution is -0.137. The van der Waals surface area contributed by atoms with Crippen LogP contribution in [0.3, 0.4) is 0 Å². The summed E-state index contributed by atoms with van der Waals surface area (Å²) in [6.45, 7) is 2.13. The first-order valence-corrected chi connectivity index (χ1v) is 5.89. The number of carbonyl (C=O) groups excluding carboxylic acids is 2. The number of benzene rings is 1. The second kappa shape index (κ2) is 8.05. The van der Waals surface area contributed by atoms with Crippen LogP contribution in [0, 0.1) is 0 Å². The lowest BCUT2D eigenvalue weighted by atomic mass is 10.2. The molecule has 0 aromatic heterocycles. The Kier molecular flexibility index (Phi) is 6.32. The lowest BCUT2D eigenvalue weighted by Gasteiger charge is -2.04. The molecule has 0 atom stereocenters. The Balaban J connectivity index is 2.56. The predicted molar refractivity (Wildman–Crippen MR) is 72.6 cm³/mol. The normalized spacial score (nSPS) is 10.4. The first-order valence-electron chi connectivity index (χ1n) is 5.89. The predicted octanol–water partition coefficient (Wildman–Crippen LogP) is 1.85. The van der Waals surface area contributed by atoms with Gasteiger partial charge in [0.15, 0.2) is 0 Å². The Morgan fingerprint density at radius 2 is 1.95 bits per heavy atom. The quantitative estimate of drug-likeness (QED) is 0.628. The molecule has 0 saturated heterocycles. The van der Waals surface area contributed by atoms with Gasteiger partial charge in [-0.1, -0.05) is 12.1 Å². The van der Waals surface area contributed by atoms with Crippen LogP contribution in [-0.2, 0) is 19.1 Å². The molecule has 1 amide bonds. The zero-order valence-corrected chi connectivity index (χ0v) is 11.0. The van der Waals surface area contributed by atoms with Crippen molar-refractivity contribution in [3.05, 3.63) is 35.9 Å². The van der Waals surface area contributed by atoms with E-state index in [1.807, 2.05) is 0 Å². The molecule has 0 saturated carbocycles. The summed E-state index contributed by atoms with van der Waals surface area (Å²) in [7, 11) is 1.46. The maximum Gasteiger partial charge on any atom is 0.330 e. The molecule has 1 N–H and O–H groups in total. The van der Waals surface area contributed by atoms with E-state index in [1.165, 1.54) is 13.2 Å². The van der Waals surface area contributed by atoms with Gasteiger partial charge < -0.3 is 14.8 Å². The van der Waals surface area contributed by atoms with E-state index in [1.54, 1.807) is 37.3 Å². The van der Waals surface area contributed by atoms with Gasteiger partial charge >= 0.3 is 5.97 Å². The van der Waals surface area contributed by atoms with Gasteiger partial charge in [-0.15, -0.1) is 0 Å². The minimum absolute atomic E-state index is 0.0184. The molecule has 5 nitrogen and oxygen atoms in total. The first-order chi connectivity index (χ1) is 9.15. The maximum atomic E-state index is 11.3. The lowest BCUT2D eigenvalue weighted by Crippen LogP contribution is -2.16. The molecule has 1 rings (SSSR count). The zero-order valence-electron chi connectivity index (χ0n) is 11.0. The standard InChI is InChI=1S/C14H17NO4/c1-3-19-14(17)9-6-11-4-7-12(8-5-11)15-13(16)10-18-2/h4-9H,3,10H2,1-2H3,(H,15,16). The second-order valence-electron chi connectivity index (χ2n) is 3.69. The number of amides is 1. The fraction of sp³-hybridized carbons (Fsp3) is 0.286. The number of ether oxygens (including phenoxy) is 2. The van der Waals surface area contributed by atoms with Gasteiger partial charge in [0, 0.05) is 18.9 Å². The van der Waals surface area contributed by atoms with E-state index in [2.05, 4.69) is 5.32 Å². The van der Waals surface area contributed by atoms with Crippen LogP contribution in [0.5, 0.6) is 0 Å². The van der Waals surface area contributed by atoms with Crippen molar-refractivity contribution in [2.24, 2.45) is 0 Å². The van der Waals surface area contributed by atoms with Crippen molar-refractivity contribution in [3.63, 3.8) is 0 Å². The Labute approximate surface area is 112 Å². The molecule has 1 aromatic rings. The molecule has 1 aromatic carbocycles. The molecule has 102 valence electrons. The first kappa shape index (κ1) is 14.9. The van der Waals surface area contributed by atoms with Gasteiger partial charge in [0.1, 0.15) is 6.61 Å². The van der Waals surface area contributed by atoms with Gasteiger partial charge in [0.05, 0.1) is 6.61 Å². The third kappa shape index (κ3) is 5.83.